The maximum atomic E-state index is 6.34. The average Bonchev–Trinajstić information content (AvgIpc) is 2.76. The predicted molar refractivity (Wildman–Crippen MR) is 63.8 cm³/mol. The number of ether oxygens (including phenoxy) is 2. The molecule has 0 aliphatic heterocycles. The number of methoxy groups -OCH3 is 2. The summed E-state index contributed by atoms with van der Waals surface area (Å²) in [5.41, 5.74) is 7.15. The quantitative estimate of drug-likeness (QED) is 0.793. The molecule has 3 heteroatoms. The highest BCUT2D eigenvalue weighted by Crippen LogP contribution is 2.36. The Bertz CT molecular complexity index is 404. The minimum Gasteiger partial charge on any atom is -0.493 e. The van der Waals surface area contributed by atoms with Crippen LogP contribution in [-0.4, -0.2) is 14.2 Å². The highest BCUT2D eigenvalue weighted by atomic mass is 16.5. The molecule has 0 heterocycles. The second-order valence-electron chi connectivity index (χ2n) is 4.11. The van der Waals surface area contributed by atoms with Crippen LogP contribution in [0.25, 0.3) is 0 Å². The van der Waals surface area contributed by atoms with Crippen molar-refractivity contribution in [2.45, 2.75) is 18.4 Å². The molecule has 0 amide bonds. The third-order valence-corrected chi connectivity index (χ3v) is 3.09. The zero-order valence-corrected chi connectivity index (χ0v) is 9.69. The minimum absolute atomic E-state index is 0.278. The van der Waals surface area contributed by atoms with Crippen molar-refractivity contribution < 1.29 is 9.47 Å². The Kier molecular flexibility index (Phi) is 2.88. The zero-order chi connectivity index (χ0) is 11.6. The molecular formula is C13H17NO2. The third kappa shape index (κ3) is 1.78. The standard InChI is InChI=1S/C13H17NO2/c1-15-11-6-5-10(9-12(11)16-2)13(14)7-3-4-8-13/h3-6,9H,7-8,14H2,1-2H3. The first-order valence-electron chi connectivity index (χ1n) is 5.36. The maximum Gasteiger partial charge on any atom is 0.161 e. The van der Waals surface area contributed by atoms with Gasteiger partial charge in [0.1, 0.15) is 0 Å². The Hall–Kier alpha value is -1.48. The lowest BCUT2D eigenvalue weighted by Gasteiger charge is -2.25. The number of nitrogens with two attached hydrogens (primary N) is 1. The van der Waals surface area contributed by atoms with Crippen molar-refractivity contribution in [2.75, 3.05) is 14.2 Å². The van der Waals surface area contributed by atoms with Gasteiger partial charge in [-0.05, 0) is 30.5 Å². The van der Waals surface area contributed by atoms with E-state index in [1.807, 2.05) is 18.2 Å². The molecule has 1 aromatic rings. The van der Waals surface area contributed by atoms with E-state index in [9.17, 15) is 0 Å². The summed E-state index contributed by atoms with van der Waals surface area (Å²) in [5, 5.41) is 0. The molecule has 0 atom stereocenters. The fraction of sp³-hybridized carbons (Fsp3) is 0.385. The topological polar surface area (TPSA) is 44.5 Å². The molecule has 0 radical (unpaired) electrons. The van der Waals surface area contributed by atoms with Gasteiger partial charge in [0, 0.05) is 5.54 Å². The second kappa shape index (κ2) is 4.18. The van der Waals surface area contributed by atoms with E-state index in [1.165, 1.54) is 0 Å². The van der Waals surface area contributed by atoms with E-state index in [1.54, 1.807) is 14.2 Å². The van der Waals surface area contributed by atoms with E-state index in [4.69, 9.17) is 15.2 Å². The zero-order valence-electron chi connectivity index (χ0n) is 9.69. The molecule has 86 valence electrons. The lowest BCUT2D eigenvalue weighted by atomic mass is 9.88. The van der Waals surface area contributed by atoms with E-state index in [2.05, 4.69) is 12.2 Å². The van der Waals surface area contributed by atoms with Crippen molar-refractivity contribution in [2.24, 2.45) is 5.73 Å². The molecule has 0 spiro atoms. The molecule has 3 nitrogen and oxygen atoms in total. The number of hydrogen-bond donors (Lipinski definition) is 1. The molecule has 16 heavy (non-hydrogen) atoms. The molecule has 0 fully saturated rings. The summed E-state index contributed by atoms with van der Waals surface area (Å²) in [7, 11) is 3.27. The van der Waals surface area contributed by atoms with Crippen molar-refractivity contribution in [1.82, 2.24) is 0 Å². The summed E-state index contributed by atoms with van der Waals surface area (Å²) < 4.78 is 10.5. The van der Waals surface area contributed by atoms with Crippen LogP contribution < -0.4 is 15.2 Å². The third-order valence-electron chi connectivity index (χ3n) is 3.09. The Balaban J connectivity index is 2.36. The summed E-state index contributed by atoms with van der Waals surface area (Å²) >= 11 is 0. The van der Waals surface area contributed by atoms with Gasteiger partial charge < -0.3 is 15.2 Å². The lowest BCUT2D eigenvalue weighted by Crippen LogP contribution is -2.33. The largest absolute Gasteiger partial charge is 0.493 e. The normalized spacial score (nSPS) is 17.4. The van der Waals surface area contributed by atoms with E-state index >= 15 is 0 Å². The van der Waals surface area contributed by atoms with Crippen LogP contribution >= 0.6 is 0 Å². The fourth-order valence-corrected chi connectivity index (χ4v) is 2.05. The number of rotatable bonds is 3. The highest BCUT2D eigenvalue weighted by Gasteiger charge is 2.28. The fourth-order valence-electron chi connectivity index (χ4n) is 2.05. The molecule has 1 aliphatic carbocycles. The van der Waals surface area contributed by atoms with Crippen molar-refractivity contribution in [3.8, 4) is 11.5 Å². The van der Waals surface area contributed by atoms with Gasteiger partial charge in [0.25, 0.3) is 0 Å². The molecule has 0 saturated carbocycles. The SMILES string of the molecule is COc1ccc(C2(N)CC=CC2)cc1OC. The highest BCUT2D eigenvalue weighted by molar-refractivity contribution is 5.45. The molecular weight excluding hydrogens is 202 g/mol. The summed E-state index contributed by atoms with van der Waals surface area (Å²) in [6, 6.07) is 5.88. The molecule has 2 N–H and O–H groups in total. The molecule has 1 aliphatic rings. The van der Waals surface area contributed by atoms with Crippen LogP contribution in [-0.2, 0) is 5.54 Å². The Morgan fingerprint density at radius 1 is 1.06 bits per heavy atom. The number of benzene rings is 1. The van der Waals surface area contributed by atoms with Crippen molar-refractivity contribution in [1.29, 1.82) is 0 Å². The van der Waals surface area contributed by atoms with Gasteiger partial charge >= 0.3 is 0 Å². The van der Waals surface area contributed by atoms with Crippen LogP contribution in [0.5, 0.6) is 11.5 Å². The van der Waals surface area contributed by atoms with Gasteiger partial charge in [-0.1, -0.05) is 18.2 Å². The maximum absolute atomic E-state index is 6.34. The van der Waals surface area contributed by atoms with Crippen LogP contribution in [0.4, 0.5) is 0 Å². The Morgan fingerprint density at radius 2 is 1.69 bits per heavy atom. The van der Waals surface area contributed by atoms with Crippen LogP contribution in [0.3, 0.4) is 0 Å². The molecule has 1 aromatic carbocycles. The lowest BCUT2D eigenvalue weighted by molar-refractivity contribution is 0.352. The van der Waals surface area contributed by atoms with Crippen molar-refractivity contribution in [3.63, 3.8) is 0 Å². The average molecular weight is 219 g/mol. The van der Waals surface area contributed by atoms with Gasteiger partial charge in [-0.3, -0.25) is 0 Å². The van der Waals surface area contributed by atoms with Crippen LogP contribution in [0.2, 0.25) is 0 Å². The first-order chi connectivity index (χ1) is 7.69. The Labute approximate surface area is 95.9 Å². The summed E-state index contributed by atoms with van der Waals surface area (Å²) in [5.74, 6) is 1.47. The van der Waals surface area contributed by atoms with Crippen LogP contribution in [0, 0.1) is 0 Å². The second-order valence-corrected chi connectivity index (χ2v) is 4.11. The van der Waals surface area contributed by atoms with Crippen molar-refractivity contribution >= 4 is 0 Å². The molecule has 0 unspecified atom stereocenters. The molecule has 2 rings (SSSR count). The minimum atomic E-state index is -0.278. The van der Waals surface area contributed by atoms with Gasteiger partial charge in [-0.25, -0.2) is 0 Å². The van der Waals surface area contributed by atoms with E-state index in [-0.39, 0.29) is 5.54 Å². The smallest absolute Gasteiger partial charge is 0.161 e. The van der Waals surface area contributed by atoms with E-state index < -0.39 is 0 Å². The van der Waals surface area contributed by atoms with Gasteiger partial charge in [-0.2, -0.15) is 0 Å². The first kappa shape index (κ1) is 11.0. The first-order valence-corrected chi connectivity index (χ1v) is 5.36. The van der Waals surface area contributed by atoms with E-state index in [0.29, 0.717) is 0 Å². The molecule has 0 saturated heterocycles. The van der Waals surface area contributed by atoms with Gasteiger partial charge in [0.05, 0.1) is 14.2 Å². The van der Waals surface area contributed by atoms with Crippen molar-refractivity contribution in [3.05, 3.63) is 35.9 Å². The van der Waals surface area contributed by atoms with Gasteiger partial charge in [-0.15, -0.1) is 0 Å². The van der Waals surface area contributed by atoms with Gasteiger partial charge in [0.2, 0.25) is 0 Å². The molecule has 0 bridgehead atoms. The molecule has 0 aromatic heterocycles. The van der Waals surface area contributed by atoms with E-state index in [0.717, 1.165) is 29.9 Å². The summed E-state index contributed by atoms with van der Waals surface area (Å²) in [4.78, 5) is 0. The predicted octanol–water partition coefficient (Wildman–Crippen LogP) is 2.21. The van der Waals surface area contributed by atoms with Gasteiger partial charge in [0.15, 0.2) is 11.5 Å². The van der Waals surface area contributed by atoms with Crippen LogP contribution in [0.15, 0.2) is 30.4 Å². The number of hydrogen-bond acceptors (Lipinski definition) is 3. The summed E-state index contributed by atoms with van der Waals surface area (Å²) in [6.45, 7) is 0. The Morgan fingerprint density at radius 3 is 2.25 bits per heavy atom. The summed E-state index contributed by atoms with van der Waals surface area (Å²) in [6.07, 6.45) is 6.00. The van der Waals surface area contributed by atoms with Crippen LogP contribution in [0.1, 0.15) is 18.4 Å². The monoisotopic (exact) mass is 219 g/mol.